The van der Waals surface area contributed by atoms with Gasteiger partial charge in [0.2, 0.25) is 0 Å². The van der Waals surface area contributed by atoms with Crippen LogP contribution in [0.25, 0.3) is 0 Å². The third kappa shape index (κ3) is 3.67. The van der Waals surface area contributed by atoms with Crippen molar-refractivity contribution in [1.82, 2.24) is 5.32 Å². The molecular formula is C10H18ClNO. The lowest BCUT2D eigenvalue weighted by molar-refractivity contribution is 0.106. The molecule has 0 aliphatic carbocycles. The zero-order valence-corrected chi connectivity index (χ0v) is 9.10. The number of hydrogen-bond acceptors (Lipinski definition) is 2. The Balaban J connectivity index is 2.12. The molecule has 0 aromatic heterocycles. The Kier molecular flexibility index (Phi) is 4.78. The molecule has 0 aromatic carbocycles. The van der Waals surface area contributed by atoms with Gasteiger partial charge in [0.05, 0.1) is 6.10 Å². The van der Waals surface area contributed by atoms with Crippen LogP contribution in [0.3, 0.4) is 0 Å². The Labute approximate surface area is 85.3 Å². The lowest BCUT2D eigenvalue weighted by Gasteiger charge is -2.14. The van der Waals surface area contributed by atoms with Crippen molar-refractivity contribution in [1.29, 1.82) is 0 Å². The predicted octanol–water partition coefficient (Wildman–Crippen LogP) is 2.14. The summed E-state index contributed by atoms with van der Waals surface area (Å²) in [5.41, 5.74) is 2.80. The third-order valence-corrected chi connectivity index (χ3v) is 2.90. The van der Waals surface area contributed by atoms with Crippen LogP contribution in [0.2, 0.25) is 0 Å². The molecule has 76 valence electrons. The Morgan fingerprint density at radius 3 is 3.00 bits per heavy atom. The molecule has 2 unspecified atom stereocenters. The normalized spacial score (nSPS) is 29.6. The fraction of sp³-hybridized carbons (Fsp3) is 0.800. The average molecular weight is 204 g/mol. The Bertz CT molecular complexity index is 182. The van der Waals surface area contributed by atoms with Gasteiger partial charge < -0.3 is 10.1 Å². The first-order chi connectivity index (χ1) is 6.24. The highest BCUT2D eigenvalue weighted by Crippen LogP contribution is 2.19. The maximum absolute atomic E-state index is 5.55. The maximum Gasteiger partial charge on any atom is 0.0588 e. The maximum atomic E-state index is 5.55. The summed E-state index contributed by atoms with van der Waals surface area (Å²) in [4.78, 5) is 0. The summed E-state index contributed by atoms with van der Waals surface area (Å²) in [7, 11) is 0. The van der Waals surface area contributed by atoms with Gasteiger partial charge >= 0.3 is 0 Å². The highest BCUT2D eigenvalue weighted by molar-refractivity contribution is 6.25. The van der Waals surface area contributed by atoms with Crippen molar-refractivity contribution in [2.45, 2.75) is 26.4 Å². The zero-order valence-electron chi connectivity index (χ0n) is 8.35. The zero-order chi connectivity index (χ0) is 9.68. The second-order valence-corrected chi connectivity index (χ2v) is 3.93. The van der Waals surface area contributed by atoms with Gasteiger partial charge in [-0.05, 0) is 31.8 Å². The summed E-state index contributed by atoms with van der Waals surface area (Å²) in [5, 5.41) is 3.38. The number of rotatable bonds is 4. The standard InChI is InChI=1S/C10H18ClNO/c1-8(5-11)6-12-7-10-3-4-13-9(10)2/h5,9-10,12H,3-4,6-7H2,1-2H3. The van der Waals surface area contributed by atoms with Crippen LogP contribution in [0, 0.1) is 5.92 Å². The molecule has 0 radical (unpaired) electrons. The first-order valence-corrected chi connectivity index (χ1v) is 5.26. The summed E-state index contributed by atoms with van der Waals surface area (Å²) in [6.45, 7) is 6.99. The van der Waals surface area contributed by atoms with E-state index in [0.717, 1.165) is 19.7 Å². The van der Waals surface area contributed by atoms with Crippen LogP contribution in [-0.2, 0) is 4.74 Å². The van der Waals surface area contributed by atoms with Crippen molar-refractivity contribution in [3.8, 4) is 0 Å². The molecule has 1 rings (SSSR count). The van der Waals surface area contributed by atoms with Gasteiger partial charge in [-0.15, -0.1) is 0 Å². The molecule has 13 heavy (non-hydrogen) atoms. The SMILES string of the molecule is CC(=CCl)CNCC1CCOC1C. The monoisotopic (exact) mass is 203 g/mol. The van der Waals surface area contributed by atoms with Crippen LogP contribution < -0.4 is 5.32 Å². The first-order valence-electron chi connectivity index (χ1n) is 4.82. The topological polar surface area (TPSA) is 21.3 Å². The smallest absolute Gasteiger partial charge is 0.0588 e. The minimum atomic E-state index is 0.410. The Morgan fingerprint density at radius 1 is 1.69 bits per heavy atom. The first kappa shape index (κ1) is 11.0. The van der Waals surface area contributed by atoms with Crippen molar-refractivity contribution in [2.75, 3.05) is 19.7 Å². The highest BCUT2D eigenvalue weighted by Gasteiger charge is 2.23. The van der Waals surface area contributed by atoms with E-state index in [0.29, 0.717) is 12.0 Å². The lowest BCUT2D eigenvalue weighted by Crippen LogP contribution is -2.28. The molecular weight excluding hydrogens is 186 g/mol. The van der Waals surface area contributed by atoms with Gasteiger partial charge in [0.1, 0.15) is 0 Å². The predicted molar refractivity (Wildman–Crippen MR) is 56.0 cm³/mol. The average Bonchev–Trinajstić information content (AvgIpc) is 2.52. The number of hydrogen-bond donors (Lipinski definition) is 1. The van der Waals surface area contributed by atoms with Gasteiger partial charge in [0.25, 0.3) is 0 Å². The van der Waals surface area contributed by atoms with E-state index in [1.54, 1.807) is 5.54 Å². The molecule has 0 aromatic rings. The quantitative estimate of drug-likeness (QED) is 0.756. The molecule has 0 bridgehead atoms. The minimum absolute atomic E-state index is 0.410. The molecule has 1 N–H and O–H groups in total. The van der Waals surface area contributed by atoms with Gasteiger partial charge in [-0.1, -0.05) is 11.6 Å². The Hall–Kier alpha value is -0.0500. The molecule has 1 fully saturated rings. The van der Waals surface area contributed by atoms with Crippen LogP contribution in [0.15, 0.2) is 11.1 Å². The van der Waals surface area contributed by atoms with Crippen molar-refractivity contribution < 1.29 is 4.74 Å². The molecule has 3 heteroatoms. The Morgan fingerprint density at radius 2 is 2.46 bits per heavy atom. The van der Waals surface area contributed by atoms with E-state index in [1.165, 1.54) is 12.0 Å². The van der Waals surface area contributed by atoms with Gasteiger partial charge in [-0.3, -0.25) is 0 Å². The highest BCUT2D eigenvalue weighted by atomic mass is 35.5. The van der Waals surface area contributed by atoms with E-state index >= 15 is 0 Å². The molecule has 0 spiro atoms. The van der Waals surface area contributed by atoms with Crippen molar-refractivity contribution in [3.05, 3.63) is 11.1 Å². The summed E-state index contributed by atoms with van der Waals surface area (Å²) in [6, 6.07) is 0. The summed E-state index contributed by atoms with van der Waals surface area (Å²) in [5.74, 6) is 0.670. The van der Waals surface area contributed by atoms with E-state index in [2.05, 4.69) is 12.2 Å². The molecule has 1 aliphatic rings. The van der Waals surface area contributed by atoms with E-state index in [1.807, 2.05) is 6.92 Å². The number of ether oxygens (including phenoxy) is 1. The van der Waals surface area contributed by atoms with Crippen molar-refractivity contribution in [2.24, 2.45) is 5.92 Å². The summed E-state index contributed by atoms with van der Waals surface area (Å²) >= 11 is 5.55. The van der Waals surface area contributed by atoms with Crippen molar-refractivity contribution >= 4 is 11.6 Å². The second-order valence-electron chi connectivity index (χ2n) is 3.71. The largest absolute Gasteiger partial charge is 0.378 e. The van der Waals surface area contributed by atoms with Gasteiger partial charge in [0, 0.05) is 25.2 Å². The third-order valence-electron chi connectivity index (χ3n) is 2.53. The molecule has 2 nitrogen and oxygen atoms in total. The van der Waals surface area contributed by atoms with E-state index in [9.17, 15) is 0 Å². The van der Waals surface area contributed by atoms with Crippen LogP contribution in [-0.4, -0.2) is 25.8 Å². The minimum Gasteiger partial charge on any atom is -0.378 e. The molecule has 1 saturated heterocycles. The fourth-order valence-electron chi connectivity index (χ4n) is 1.54. The second kappa shape index (κ2) is 5.63. The summed E-state index contributed by atoms with van der Waals surface area (Å²) in [6.07, 6.45) is 1.59. The van der Waals surface area contributed by atoms with Gasteiger partial charge in [-0.25, -0.2) is 0 Å². The van der Waals surface area contributed by atoms with Crippen LogP contribution in [0.1, 0.15) is 20.3 Å². The van der Waals surface area contributed by atoms with E-state index in [-0.39, 0.29) is 0 Å². The molecule has 2 atom stereocenters. The van der Waals surface area contributed by atoms with Crippen LogP contribution >= 0.6 is 11.6 Å². The number of nitrogens with one attached hydrogen (secondary N) is 1. The number of halogens is 1. The summed E-state index contributed by atoms with van der Waals surface area (Å²) < 4.78 is 5.47. The van der Waals surface area contributed by atoms with Crippen molar-refractivity contribution in [3.63, 3.8) is 0 Å². The molecule has 0 amide bonds. The van der Waals surface area contributed by atoms with E-state index in [4.69, 9.17) is 16.3 Å². The van der Waals surface area contributed by atoms with Crippen LogP contribution in [0.5, 0.6) is 0 Å². The van der Waals surface area contributed by atoms with Gasteiger partial charge in [0.15, 0.2) is 0 Å². The molecule has 0 saturated carbocycles. The fourth-order valence-corrected chi connectivity index (χ4v) is 1.61. The lowest BCUT2D eigenvalue weighted by atomic mass is 10.0. The molecule has 1 heterocycles. The van der Waals surface area contributed by atoms with E-state index < -0.39 is 0 Å². The van der Waals surface area contributed by atoms with Gasteiger partial charge in [-0.2, -0.15) is 0 Å². The molecule has 1 aliphatic heterocycles. The van der Waals surface area contributed by atoms with Crippen LogP contribution in [0.4, 0.5) is 0 Å².